The highest BCUT2D eigenvalue weighted by Gasteiger charge is 2.39. The van der Waals surface area contributed by atoms with Crippen LogP contribution in [0.4, 0.5) is 24.5 Å². The predicted molar refractivity (Wildman–Crippen MR) is 104 cm³/mol. The van der Waals surface area contributed by atoms with Crippen LogP contribution in [0.15, 0.2) is 60.2 Å². The maximum absolute atomic E-state index is 12.5. The van der Waals surface area contributed by atoms with Crippen LogP contribution in [-0.2, 0) is 11.2 Å². The molecule has 8 heteroatoms. The van der Waals surface area contributed by atoms with Gasteiger partial charge in [0, 0.05) is 23.5 Å². The van der Waals surface area contributed by atoms with Gasteiger partial charge in [0.1, 0.15) is 11.6 Å². The smallest absolute Gasteiger partial charge is 0.454 e. The van der Waals surface area contributed by atoms with Crippen molar-refractivity contribution in [2.75, 3.05) is 11.4 Å². The number of hydrogen-bond acceptors (Lipinski definition) is 4. The Bertz CT molecular complexity index is 1090. The lowest BCUT2D eigenvalue weighted by molar-refractivity contribution is -0.132. The van der Waals surface area contributed by atoms with Crippen molar-refractivity contribution in [3.8, 4) is 6.07 Å². The van der Waals surface area contributed by atoms with Crippen LogP contribution in [-0.4, -0.2) is 29.6 Å². The summed E-state index contributed by atoms with van der Waals surface area (Å²) in [5, 5.41) is 17.5. The van der Waals surface area contributed by atoms with Crippen molar-refractivity contribution >= 4 is 29.2 Å². The highest BCUT2D eigenvalue weighted by atomic mass is 19.4. The number of carbonyl (C=O) groups is 2. The molecule has 0 aliphatic carbocycles. The lowest BCUT2D eigenvalue weighted by Gasteiger charge is -2.20. The molecular weight excluding hydrogens is 397 g/mol. The van der Waals surface area contributed by atoms with Gasteiger partial charge in [-0.25, -0.2) is 4.79 Å². The first-order valence-electron chi connectivity index (χ1n) is 8.84. The number of fused-ring (bicyclic) bond motifs is 1. The Morgan fingerprint density at radius 3 is 2.43 bits per heavy atom. The first-order chi connectivity index (χ1) is 14.2. The molecule has 1 N–H and O–H groups in total. The molecule has 2 aromatic rings. The predicted octanol–water partition coefficient (Wildman–Crippen LogP) is 4.67. The highest BCUT2D eigenvalue weighted by Crippen LogP contribution is 2.35. The van der Waals surface area contributed by atoms with Crippen molar-refractivity contribution in [1.82, 2.24) is 0 Å². The molecule has 0 unspecified atom stereocenters. The SMILES string of the molecule is N#C/C(=C\C=C\c1ccc2c(c1)CCN2c1ccc(C(=O)C(F)(F)F)cc1)C(=O)O. The van der Waals surface area contributed by atoms with E-state index in [0.717, 1.165) is 16.8 Å². The standard InChI is InChI=1S/C22H15F3N2O3/c23-22(24,25)20(28)15-5-7-18(8-6-15)27-11-10-16-12-14(4-9-19(16)27)2-1-3-17(13-26)21(29)30/h1-9,12H,10-11H2,(H,29,30)/b2-1+,17-3+. The molecule has 0 radical (unpaired) electrons. The first-order valence-corrected chi connectivity index (χ1v) is 8.84. The molecule has 1 aliphatic rings. The Balaban J connectivity index is 1.79. The second-order valence-corrected chi connectivity index (χ2v) is 6.52. The summed E-state index contributed by atoms with van der Waals surface area (Å²) in [5.74, 6) is -3.17. The molecule has 0 saturated carbocycles. The van der Waals surface area contributed by atoms with E-state index in [2.05, 4.69) is 0 Å². The fraction of sp³-hybridized carbons (Fsp3) is 0.136. The van der Waals surface area contributed by atoms with Crippen molar-refractivity contribution < 1.29 is 27.9 Å². The zero-order chi connectivity index (χ0) is 21.9. The summed E-state index contributed by atoms with van der Waals surface area (Å²) in [6, 6.07) is 12.5. The highest BCUT2D eigenvalue weighted by molar-refractivity contribution is 6.00. The molecule has 0 amide bonds. The fourth-order valence-corrected chi connectivity index (χ4v) is 3.16. The van der Waals surface area contributed by atoms with Gasteiger partial charge in [-0.3, -0.25) is 4.79 Å². The van der Waals surface area contributed by atoms with Crippen LogP contribution in [0, 0.1) is 11.3 Å². The van der Waals surface area contributed by atoms with E-state index in [4.69, 9.17) is 10.4 Å². The van der Waals surface area contributed by atoms with Gasteiger partial charge in [-0.1, -0.05) is 18.2 Å². The largest absolute Gasteiger partial charge is 0.477 e. The molecule has 0 atom stereocenters. The van der Waals surface area contributed by atoms with Crippen LogP contribution in [0.1, 0.15) is 21.5 Å². The number of nitriles is 1. The van der Waals surface area contributed by atoms with Crippen molar-refractivity contribution in [3.05, 3.63) is 76.9 Å². The van der Waals surface area contributed by atoms with Gasteiger partial charge in [0.15, 0.2) is 0 Å². The molecule has 30 heavy (non-hydrogen) atoms. The van der Waals surface area contributed by atoms with E-state index in [1.807, 2.05) is 23.1 Å². The summed E-state index contributed by atoms with van der Waals surface area (Å²) in [6.45, 7) is 0.632. The number of aliphatic carboxylic acids is 1. The number of ketones is 1. The van der Waals surface area contributed by atoms with Crippen LogP contribution in [0.25, 0.3) is 6.08 Å². The molecule has 0 bridgehead atoms. The third kappa shape index (κ3) is 4.41. The molecule has 1 aliphatic heterocycles. The van der Waals surface area contributed by atoms with Gasteiger partial charge in [-0.15, -0.1) is 0 Å². The van der Waals surface area contributed by atoms with Crippen LogP contribution >= 0.6 is 0 Å². The molecule has 5 nitrogen and oxygen atoms in total. The summed E-state index contributed by atoms with van der Waals surface area (Å²) in [7, 11) is 0. The van der Waals surface area contributed by atoms with Crippen molar-refractivity contribution in [2.24, 2.45) is 0 Å². The van der Waals surface area contributed by atoms with Crippen LogP contribution in [0.3, 0.4) is 0 Å². The Kier molecular flexibility index (Phi) is 5.74. The molecule has 152 valence electrons. The Morgan fingerprint density at radius 2 is 1.83 bits per heavy atom. The Hall–Kier alpha value is -3.86. The second-order valence-electron chi connectivity index (χ2n) is 6.52. The van der Waals surface area contributed by atoms with E-state index in [1.165, 1.54) is 36.4 Å². The minimum atomic E-state index is -4.90. The average molecular weight is 412 g/mol. The quantitative estimate of drug-likeness (QED) is 0.334. The molecule has 2 aromatic carbocycles. The maximum Gasteiger partial charge on any atom is 0.454 e. The number of alkyl halides is 3. The second kappa shape index (κ2) is 8.25. The van der Waals surface area contributed by atoms with Crippen LogP contribution < -0.4 is 4.90 Å². The number of anilines is 2. The summed E-state index contributed by atoms with van der Waals surface area (Å²) < 4.78 is 37.6. The number of halogens is 3. The van der Waals surface area contributed by atoms with E-state index in [1.54, 1.807) is 12.1 Å². The molecule has 0 saturated heterocycles. The maximum atomic E-state index is 12.5. The van der Waals surface area contributed by atoms with E-state index in [-0.39, 0.29) is 5.57 Å². The summed E-state index contributed by atoms with van der Waals surface area (Å²) in [4.78, 5) is 24.1. The number of hydrogen-bond donors (Lipinski definition) is 1. The molecule has 0 spiro atoms. The molecular formula is C22H15F3N2O3. The van der Waals surface area contributed by atoms with E-state index in [0.29, 0.717) is 18.7 Å². The molecule has 0 fully saturated rings. The number of allylic oxidation sites excluding steroid dienone is 2. The van der Waals surface area contributed by atoms with Gasteiger partial charge in [0.05, 0.1) is 0 Å². The molecule has 3 rings (SSSR count). The number of rotatable bonds is 5. The van der Waals surface area contributed by atoms with E-state index < -0.39 is 23.5 Å². The Morgan fingerprint density at radius 1 is 1.13 bits per heavy atom. The topological polar surface area (TPSA) is 81.4 Å². The lowest BCUT2D eigenvalue weighted by Crippen LogP contribution is -2.22. The van der Waals surface area contributed by atoms with E-state index in [9.17, 15) is 22.8 Å². The fourth-order valence-electron chi connectivity index (χ4n) is 3.16. The zero-order valence-corrected chi connectivity index (χ0v) is 15.5. The van der Waals surface area contributed by atoms with Crippen LogP contribution in [0.2, 0.25) is 0 Å². The third-order valence-electron chi connectivity index (χ3n) is 4.60. The van der Waals surface area contributed by atoms with Gasteiger partial charge in [-0.2, -0.15) is 18.4 Å². The summed E-state index contributed by atoms with van der Waals surface area (Å²) >= 11 is 0. The van der Waals surface area contributed by atoms with Crippen molar-refractivity contribution in [1.29, 1.82) is 5.26 Å². The van der Waals surface area contributed by atoms with Crippen molar-refractivity contribution in [2.45, 2.75) is 12.6 Å². The third-order valence-corrected chi connectivity index (χ3v) is 4.60. The van der Waals surface area contributed by atoms with Gasteiger partial charge < -0.3 is 10.0 Å². The number of Topliss-reactive ketones (excluding diaryl/α,β-unsaturated/α-hetero) is 1. The van der Waals surface area contributed by atoms with Gasteiger partial charge >= 0.3 is 12.1 Å². The van der Waals surface area contributed by atoms with Gasteiger partial charge in [0.25, 0.3) is 5.78 Å². The average Bonchev–Trinajstić information content (AvgIpc) is 3.13. The van der Waals surface area contributed by atoms with E-state index >= 15 is 0 Å². The zero-order valence-electron chi connectivity index (χ0n) is 15.5. The van der Waals surface area contributed by atoms with Gasteiger partial charge in [-0.05, 0) is 60.0 Å². The summed E-state index contributed by atoms with van der Waals surface area (Å²) in [5.41, 5.74) is 2.65. The monoisotopic (exact) mass is 412 g/mol. The van der Waals surface area contributed by atoms with Crippen molar-refractivity contribution in [3.63, 3.8) is 0 Å². The number of carbonyl (C=O) groups excluding carboxylic acids is 1. The number of benzene rings is 2. The molecule has 1 heterocycles. The minimum absolute atomic E-state index is 0.369. The molecule has 0 aromatic heterocycles. The number of nitrogens with zero attached hydrogens (tertiary/aromatic N) is 2. The Labute approximate surface area is 170 Å². The minimum Gasteiger partial charge on any atom is -0.477 e. The van der Waals surface area contributed by atoms with Gasteiger partial charge in [0.2, 0.25) is 0 Å². The first kappa shape index (κ1) is 20.9. The normalized spacial score (nSPS) is 13.9. The summed E-state index contributed by atoms with van der Waals surface area (Å²) in [6.07, 6.45) is 0.192. The number of carboxylic acids is 1. The lowest BCUT2D eigenvalue weighted by atomic mass is 10.1. The number of carboxylic acid groups (broad SMARTS) is 1. The van der Waals surface area contributed by atoms with Crippen LogP contribution in [0.5, 0.6) is 0 Å².